The maximum atomic E-state index is 13.1. The van der Waals surface area contributed by atoms with Gasteiger partial charge in [-0.25, -0.2) is 8.42 Å². The van der Waals surface area contributed by atoms with Crippen LogP contribution < -0.4 is 14.4 Å². The molecule has 0 spiro atoms. The monoisotopic (exact) mass is 432 g/mol. The van der Waals surface area contributed by atoms with Crippen molar-refractivity contribution in [2.75, 3.05) is 17.7 Å². The average molecular weight is 433 g/mol. The van der Waals surface area contributed by atoms with Gasteiger partial charge < -0.3 is 10.1 Å². The molecule has 0 saturated heterocycles. The molecular weight excluding hydrogens is 400 g/mol. The second-order valence-corrected chi connectivity index (χ2v) is 9.58. The normalized spacial score (nSPS) is 13.4. The SMILES string of the molecule is CC[C@H](NC(=O)[C@H](C)N(c1cc(C)ccc1C)S(C)(=O)=O)c1ccc(OC)c(C)c1. The van der Waals surface area contributed by atoms with E-state index < -0.39 is 16.1 Å². The van der Waals surface area contributed by atoms with Gasteiger partial charge >= 0.3 is 0 Å². The van der Waals surface area contributed by atoms with Crippen LogP contribution in [0.2, 0.25) is 0 Å². The van der Waals surface area contributed by atoms with Gasteiger partial charge in [-0.1, -0.05) is 31.2 Å². The number of nitrogens with one attached hydrogen (secondary N) is 1. The minimum atomic E-state index is -3.67. The Morgan fingerprint density at radius 2 is 1.77 bits per heavy atom. The summed E-state index contributed by atoms with van der Waals surface area (Å²) in [6.45, 7) is 9.28. The van der Waals surface area contributed by atoms with E-state index >= 15 is 0 Å². The largest absolute Gasteiger partial charge is 0.496 e. The summed E-state index contributed by atoms with van der Waals surface area (Å²) in [6, 6.07) is 10.2. The van der Waals surface area contributed by atoms with Crippen LogP contribution >= 0.6 is 0 Å². The van der Waals surface area contributed by atoms with Gasteiger partial charge in [0.05, 0.1) is 25.1 Å². The third-order valence-corrected chi connectivity index (χ3v) is 6.46. The first-order valence-corrected chi connectivity index (χ1v) is 11.9. The van der Waals surface area contributed by atoms with Crippen LogP contribution in [0.1, 0.15) is 48.6 Å². The number of aryl methyl sites for hydroxylation is 3. The molecule has 0 aliphatic heterocycles. The number of nitrogens with zero attached hydrogens (tertiary/aromatic N) is 1. The summed E-state index contributed by atoms with van der Waals surface area (Å²) in [5.74, 6) is 0.438. The molecule has 7 heteroatoms. The number of methoxy groups -OCH3 is 1. The first kappa shape index (κ1) is 23.7. The Morgan fingerprint density at radius 1 is 1.10 bits per heavy atom. The molecule has 0 unspecified atom stereocenters. The van der Waals surface area contributed by atoms with E-state index in [0.717, 1.165) is 34.3 Å². The Kier molecular flexibility index (Phi) is 7.53. The highest BCUT2D eigenvalue weighted by molar-refractivity contribution is 7.92. The molecule has 2 aromatic carbocycles. The number of benzene rings is 2. The maximum absolute atomic E-state index is 13.1. The number of amides is 1. The second-order valence-electron chi connectivity index (χ2n) is 7.72. The van der Waals surface area contributed by atoms with Gasteiger partial charge in [0.2, 0.25) is 15.9 Å². The molecule has 0 heterocycles. The van der Waals surface area contributed by atoms with Gasteiger partial charge in [0, 0.05) is 0 Å². The van der Waals surface area contributed by atoms with E-state index in [1.54, 1.807) is 20.1 Å². The molecular formula is C23H32N2O4S. The molecule has 0 fully saturated rings. The van der Waals surface area contributed by atoms with E-state index in [-0.39, 0.29) is 11.9 Å². The molecule has 0 aliphatic carbocycles. The van der Waals surface area contributed by atoms with Crippen LogP contribution in [-0.4, -0.2) is 33.7 Å². The molecule has 0 aliphatic rings. The predicted molar refractivity (Wildman–Crippen MR) is 122 cm³/mol. The summed E-state index contributed by atoms with van der Waals surface area (Å²) in [4.78, 5) is 13.1. The molecule has 2 atom stereocenters. The number of anilines is 1. The van der Waals surface area contributed by atoms with Crippen molar-refractivity contribution in [2.24, 2.45) is 0 Å². The van der Waals surface area contributed by atoms with E-state index in [1.165, 1.54) is 4.31 Å². The lowest BCUT2D eigenvalue weighted by Gasteiger charge is -2.31. The van der Waals surface area contributed by atoms with Crippen LogP contribution in [-0.2, 0) is 14.8 Å². The number of hydrogen-bond acceptors (Lipinski definition) is 4. The summed E-state index contributed by atoms with van der Waals surface area (Å²) in [5, 5.41) is 3.02. The van der Waals surface area contributed by atoms with E-state index in [4.69, 9.17) is 4.74 Å². The molecule has 164 valence electrons. The second kappa shape index (κ2) is 9.51. The third-order valence-electron chi connectivity index (χ3n) is 5.24. The minimum Gasteiger partial charge on any atom is -0.496 e. The molecule has 30 heavy (non-hydrogen) atoms. The van der Waals surface area contributed by atoms with Gasteiger partial charge in [-0.15, -0.1) is 0 Å². The van der Waals surface area contributed by atoms with E-state index in [2.05, 4.69) is 5.32 Å². The van der Waals surface area contributed by atoms with E-state index in [0.29, 0.717) is 12.1 Å². The number of carbonyl (C=O) groups is 1. The zero-order chi connectivity index (χ0) is 22.6. The number of rotatable bonds is 8. The summed E-state index contributed by atoms with van der Waals surface area (Å²) >= 11 is 0. The molecule has 0 bridgehead atoms. The lowest BCUT2D eigenvalue weighted by Crippen LogP contribution is -2.48. The number of sulfonamides is 1. The third kappa shape index (κ3) is 5.33. The molecule has 0 aromatic heterocycles. The quantitative estimate of drug-likeness (QED) is 0.683. The maximum Gasteiger partial charge on any atom is 0.244 e. The lowest BCUT2D eigenvalue weighted by molar-refractivity contribution is -0.122. The lowest BCUT2D eigenvalue weighted by atomic mass is 10.0. The Bertz CT molecular complexity index is 1020. The molecule has 1 N–H and O–H groups in total. The van der Waals surface area contributed by atoms with Crippen molar-refractivity contribution in [1.82, 2.24) is 5.32 Å². The summed E-state index contributed by atoms with van der Waals surface area (Å²) < 4.78 is 31.7. The fourth-order valence-electron chi connectivity index (χ4n) is 3.57. The fourth-order valence-corrected chi connectivity index (χ4v) is 4.79. The fraction of sp³-hybridized carbons (Fsp3) is 0.435. The zero-order valence-electron chi connectivity index (χ0n) is 18.8. The predicted octanol–water partition coefficient (Wildman–Crippen LogP) is 4.04. The van der Waals surface area contributed by atoms with Gasteiger partial charge in [0.1, 0.15) is 11.8 Å². The summed E-state index contributed by atoms with van der Waals surface area (Å²) in [7, 11) is -2.05. The Labute approximate surface area is 180 Å². The van der Waals surface area contributed by atoms with E-state index in [9.17, 15) is 13.2 Å². The number of ether oxygens (including phenoxy) is 1. The van der Waals surface area contributed by atoms with Crippen molar-refractivity contribution in [3.05, 3.63) is 58.7 Å². The first-order valence-electron chi connectivity index (χ1n) is 10.0. The molecule has 2 rings (SSSR count). The van der Waals surface area contributed by atoms with Crippen molar-refractivity contribution < 1.29 is 17.9 Å². The van der Waals surface area contributed by atoms with Crippen molar-refractivity contribution in [1.29, 1.82) is 0 Å². The summed E-state index contributed by atoms with van der Waals surface area (Å²) in [5.41, 5.74) is 4.17. The number of carbonyl (C=O) groups excluding carboxylic acids is 1. The highest BCUT2D eigenvalue weighted by Gasteiger charge is 2.31. The van der Waals surface area contributed by atoms with Gasteiger partial charge in [-0.05, 0) is 68.5 Å². The van der Waals surface area contributed by atoms with Crippen LogP contribution in [0.5, 0.6) is 5.75 Å². The van der Waals surface area contributed by atoms with Crippen LogP contribution in [0.15, 0.2) is 36.4 Å². The van der Waals surface area contributed by atoms with Crippen LogP contribution in [0, 0.1) is 20.8 Å². The van der Waals surface area contributed by atoms with Crippen molar-refractivity contribution >= 4 is 21.6 Å². The van der Waals surface area contributed by atoms with Crippen molar-refractivity contribution in [3.63, 3.8) is 0 Å². The van der Waals surface area contributed by atoms with Crippen LogP contribution in [0.25, 0.3) is 0 Å². The summed E-state index contributed by atoms with van der Waals surface area (Å²) in [6.07, 6.45) is 1.80. The van der Waals surface area contributed by atoms with Crippen molar-refractivity contribution in [2.45, 2.75) is 53.1 Å². The van der Waals surface area contributed by atoms with Crippen LogP contribution in [0.3, 0.4) is 0 Å². The molecule has 6 nitrogen and oxygen atoms in total. The first-order chi connectivity index (χ1) is 14.0. The van der Waals surface area contributed by atoms with Gasteiger partial charge in [0.25, 0.3) is 0 Å². The topological polar surface area (TPSA) is 75.7 Å². The molecule has 1 amide bonds. The molecule has 0 radical (unpaired) electrons. The Hall–Kier alpha value is -2.54. The van der Waals surface area contributed by atoms with Gasteiger partial charge in [-0.2, -0.15) is 0 Å². The van der Waals surface area contributed by atoms with Gasteiger partial charge in [0.15, 0.2) is 0 Å². The van der Waals surface area contributed by atoms with E-state index in [1.807, 2.05) is 58.0 Å². The highest BCUT2D eigenvalue weighted by atomic mass is 32.2. The minimum absolute atomic E-state index is 0.232. The highest BCUT2D eigenvalue weighted by Crippen LogP contribution is 2.28. The molecule has 2 aromatic rings. The Morgan fingerprint density at radius 3 is 2.30 bits per heavy atom. The van der Waals surface area contributed by atoms with Crippen LogP contribution in [0.4, 0.5) is 5.69 Å². The smallest absolute Gasteiger partial charge is 0.244 e. The Balaban J connectivity index is 2.34. The van der Waals surface area contributed by atoms with Crippen molar-refractivity contribution in [3.8, 4) is 5.75 Å². The van der Waals surface area contributed by atoms with Gasteiger partial charge in [-0.3, -0.25) is 9.10 Å². The zero-order valence-corrected chi connectivity index (χ0v) is 19.6. The number of hydrogen-bond donors (Lipinski definition) is 1. The standard InChI is InChI=1S/C23H32N2O4S/c1-8-20(19-11-12-22(29-6)17(4)14-19)24-23(26)18(5)25(30(7,27)28)21-13-15(2)9-10-16(21)3/h9-14,18,20H,8H2,1-7H3,(H,24,26)/t18-,20-/m0/s1. The molecule has 0 saturated carbocycles. The average Bonchev–Trinajstić information content (AvgIpc) is 2.67.